The third-order valence-corrected chi connectivity index (χ3v) is 1.92. The number of rotatable bonds is 3. The highest BCUT2D eigenvalue weighted by Gasteiger charge is 2.40. The summed E-state index contributed by atoms with van der Waals surface area (Å²) < 4.78 is 4.81. The summed E-state index contributed by atoms with van der Waals surface area (Å²) in [5.74, 6) is -0.468. The largest absolute Gasteiger partial charge is 0.464 e. The molecule has 0 saturated heterocycles. The van der Waals surface area contributed by atoms with Gasteiger partial charge < -0.3 is 4.74 Å². The summed E-state index contributed by atoms with van der Waals surface area (Å²) >= 11 is 0. The Kier molecular flexibility index (Phi) is 3.34. The van der Waals surface area contributed by atoms with Crippen molar-refractivity contribution in [1.29, 1.82) is 5.26 Å². The van der Waals surface area contributed by atoms with Crippen LogP contribution in [0.25, 0.3) is 0 Å². The molecule has 0 N–H and O–H groups in total. The Morgan fingerprint density at radius 2 is 2.20 bits per heavy atom. The Balaban J connectivity index is 3.07. The highest BCUT2D eigenvalue weighted by Crippen LogP contribution is 2.20. The number of aromatic nitrogens is 2. The molecule has 0 spiro atoms. The van der Waals surface area contributed by atoms with Gasteiger partial charge in [0.05, 0.1) is 12.7 Å². The normalized spacial score (nSPS) is 13.7. The van der Waals surface area contributed by atoms with Crippen LogP contribution >= 0.6 is 0 Å². The van der Waals surface area contributed by atoms with Crippen LogP contribution in [-0.2, 0) is 14.9 Å². The average molecular weight is 205 g/mol. The molecule has 0 bridgehead atoms. The Hall–Kier alpha value is -1.96. The van der Waals surface area contributed by atoms with Crippen molar-refractivity contribution in [3.8, 4) is 6.07 Å². The first-order chi connectivity index (χ1) is 7.15. The molecule has 1 heterocycles. The molecule has 5 heteroatoms. The molecule has 0 fully saturated rings. The van der Waals surface area contributed by atoms with E-state index in [-0.39, 0.29) is 12.4 Å². The van der Waals surface area contributed by atoms with Crippen molar-refractivity contribution in [1.82, 2.24) is 9.97 Å². The molecule has 0 aliphatic heterocycles. The Morgan fingerprint density at radius 1 is 1.60 bits per heavy atom. The van der Waals surface area contributed by atoms with E-state index in [1.54, 1.807) is 13.0 Å². The van der Waals surface area contributed by atoms with Crippen molar-refractivity contribution in [3.63, 3.8) is 0 Å². The maximum Gasteiger partial charge on any atom is 0.334 e. The van der Waals surface area contributed by atoms with Crippen molar-refractivity contribution < 1.29 is 9.53 Å². The molecule has 0 aliphatic carbocycles. The first kappa shape index (κ1) is 11.1. The minimum atomic E-state index is -1.43. The van der Waals surface area contributed by atoms with Gasteiger partial charge >= 0.3 is 5.97 Å². The van der Waals surface area contributed by atoms with Gasteiger partial charge in [-0.25, -0.2) is 14.8 Å². The van der Waals surface area contributed by atoms with Crippen molar-refractivity contribution in [2.75, 3.05) is 6.61 Å². The fourth-order valence-electron chi connectivity index (χ4n) is 1.02. The summed E-state index contributed by atoms with van der Waals surface area (Å²) in [4.78, 5) is 19.4. The van der Waals surface area contributed by atoms with E-state index in [9.17, 15) is 4.79 Å². The van der Waals surface area contributed by atoms with E-state index in [2.05, 4.69) is 9.97 Å². The van der Waals surface area contributed by atoms with Gasteiger partial charge in [0.1, 0.15) is 0 Å². The second kappa shape index (κ2) is 4.51. The number of hydrogen-bond donors (Lipinski definition) is 0. The Labute approximate surface area is 87.7 Å². The number of nitrogens with zero attached hydrogens (tertiary/aromatic N) is 3. The number of ether oxygens (including phenoxy) is 1. The molecular formula is C10H11N3O2. The fourth-order valence-corrected chi connectivity index (χ4v) is 1.02. The predicted octanol–water partition coefficient (Wildman–Crippen LogP) is 0.821. The van der Waals surface area contributed by atoms with E-state index in [1.807, 2.05) is 6.07 Å². The van der Waals surface area contributed by atoms with Gasteiger partial charge in [-0.15, -0.1) is 0 Å². The van der Waals surface area contributed by atoms with Gasteiger partial charge in [0.15, 0.2) is 5.82 Å². The lowest BCUT2D eigenvalue weighted by atomic mass is 9.92. The first-order valence-corrected chi connectivity index (χ1v) is 4.51. The molecule has 0 radical (unpaired) electrons. The van der Waals surface area contributed by atoms with E-state index in [0.717, 1.165) is 0 Å². The van der Waals surface area contributed by atoms with Crippen molar-refractivity contribution in [2.45, 2.75) is 19.3 Å². The van der Waals surface area contributed by atoms with Crippen molar-refractivity contribution in [2.24, 2.45) is 0 Å². The molecule has 1 aromatic heterocycles. The molecular weight excluding hydrogens is 194 g/mol. The van der Waals surface area contributed by atoms with E-state index >= 15 is 0 Å². The van der Waals surface area contributed by atoms with Gasteiger partial charge in [0.25, 0.3) is 0 Å². The number of carbonyl (C=O) groups excluding carboxylic acids is 1. The Bertz CT molecular complexity index is 385. The van der Waals surface area contributed by atoms with Crippen LogP contribution in [0, 0.1) is 11.3 Å². The monoisotopic (exact) mass is 205 g/mol. The number of esters is 1. The molecule has 1 aromatic rings. The van der Waals surface area contributed by atoms with E-state index in [0.29, 0.717) is 0 Å². The zero-order valence-electron chi connectivity index (χ0n) is 8.60. The van der Waals surface area contributed by atoms with Crippen LogP contribution in [0.3, 0.4) is 0 Å². The third kappa shape index (κ3) is 2.10. The van der Waals surface area contributed by atoms with Crippen LogP contribution in [0.2, 0.25) is 0 Å². The van der Waals surface area contributed by atoms with Crippen LogP contribution in [0.1, 0.15) is 19.7 Å². The highest BCUT2D eigenvalue weighted by molar-refractivity contribution is 5.85. The molecule has 15 heavy (non-hydrogen) atoms. The first-order valence-electron chi connectivity index (χ1n) is 4.51. The van der Waals surface area contributed by atoms with Crippen molar-refractivity contribution in [3.05, 3.63) is 24.3 Å². The minimum absolute atomic E-state index is 0.158. The molecule has 0 aliphatic rings. The summed E-state index contributed by atoms with van der Waals surface area (Å²) in [6.07, 6.45) is 2.97. The zero-order chi connectivity index (χ0) is 11.3. The van der Waals surface area contributed by atoms with Crippen LogP contribution in [-0.4, -0.2) is 22.5 Å². The van der Waals surface area contributed by atoms with Crippen LogP contribution in [0.15, 0.2) is 18.5 Å². The van der Waals surface area contributed by atoms with E-state index < -0.39 is 11.4 Å². The maximum absolute atomic E-state index is 11.6. The van der Waals surface area contributed by atoms with E-state index in [1.165, 1.54) is 19.3 Å². The van der Waals surface area contributed by atoms with Gasteiger partial charge in [0.2, 0.25) is 5.41 Å². The minimum Gasteiger partial charge on any atom is -0.464 e. The predicted molar refractivity (Wildman–Crippen MR) is 51.6 cm³/mol. The summed E-state index contributed by atoms with van der Waals surface area (Å²) in [5.41, 5.74) is -1.43. The summed E-state index contributed by atoms with van der Waals surface area (Å²) in [5, 5.41) is 9.00. The summed E-state index contributed by atoms with van der Waals surface area (Å²) in [6, 6.07) is 3.50. The quantitative estimate of drug-likeness (QED) is 0.683. The molecule has 0 amide bonds. The summed E-state index contributed by atoms with van der Waals surface area (Å²) in [6.45, 7) is 3.35. The van der Waals surface area contributed by atoms with Crippen LogP contribution < -0.4 is 0 Å². The second-order valence-corrected chi connectivity index (χ2v) is 3.03. The van der Waals surface area contributed by atoms with Crippen molar-refractivity contribution >= 4 is 5.97 Å². The molecule has 5 nitrogen and oxygen atoms in total. The highest BCUT2D eigenvalue weighted by atomic mass is 16.5. The zero-order valence-corrected chi connectivity index (χ0v) is 8.60. The second-order valence-electron chi connectivity index (χ2n) is 3.03. The Morgan fingerprint density at radius 3 is 2.67 bits per heavy atom. The average Bonchev–Trinajstić information content (AvgIpc) is 2.29. The van der Waals surface area contributed by atoms with E-state index in [4.69, 9.17) is 10.00 Å². The number of carbonyl (C=O) groups is 1. The maximum atomic E-state index is 11.6. The lowest BCUT2D eigenvalue weighted by Gasteiger charge is -2.16. The van der Waals surface area contributed by atoms with Gasteiger partial charge in [-0.2, -0.15) is 5.26 Å². The number of nitriles is 1. The topological polar surface area (TPSA) is 75.9 Å². The standard InChI is InChI=1S/C10H11N3O2/c1-3-15-9(14)10(2,7-11)8-12-5-4-6-13-8/h4-6H,3H2,1-2H3/t10-/m0/s1. The molecule has 78 valence electrons. The number of hydrogen-bond acceptors (Lipinski definition) is 5. The molecule has 0 unspecified atom stereocenters. The van der Waals surface area contributed by atoms with Crippen LogP contribution in [0.5, 0.6) is 0 Å². The SMILES string of the molecule is CCOC(=O)[C@@](C)(C#N)c1ncccn1. The smallest absolute Gasteiger partial charge is 0.334 e. The van der Waals surface area contributed by atoms with Gasteiger partial charge in [-0.05, 0) is 19.9 Å². The molecule has 0 saturated carbocycles. The molecule has 1 rings (SSSR count). The fraction of sp³-hybridized carbons (Fsp3) is 0.400. The lowest BCUT2D eigenvalue weighted by Crippen LogP contribution is -2.34. The van der Waals surface area contributed by atoms with Gasteiger partial charge in [-0.1, -0.05) is 0 Å². The third-order valence-electron chi connectivity index (χ3n) is 1.92. The summed E-state index contributed by atoms with van der Waals surface area (Å²) in [7, 11) is 0. The van der Waals surface area contributed by atoms with Gasteiger partial charge in [-0.3, -0.25) is 0 Å². The van der Waals surface area contributed by atoms with Gasteiger partial charge in [0, 0.05) is 12.4 Å². The molecule has 0 aromatic carbocycles. The molecule has 1 atom stereocenters. The lowest BCUT2D eigenvalue weighted by molar-refractivity contribution is -0.147. The van der Waals surface area contributed by atoms with Crippen LogP contribution in [0.4, 0.5) is 0 Å².